The lowest BCUT2D eigenvalue weighted by molar-refractivity contribution is 0.101. The normalized spacial score (nSPS) is 15.6. The van der Waals surface area contributed by atoms with Crippen LogP contribution in [0.15, 0.2) is 30.7 Å². The number of aromatic nitrogens is 3. The zero-order valence-corrected chi connectivity index (χ0v) is 18.2. The van der Waals surface area contributed by atoms with E-state index in [1.54, 1.807) is 13.8 Å². The number of amides is 2. The van der Waals surface area contributed by atoms with Crippen molar-refractivity contribution < 1.29 is 19.1 Å². The summed E-state index contributed by atoms with van der Waals surface area (Å²) in [5.41, 5.74) is 0.562. The van der Waals surface area contributed by atoms with Crippen molar-refractivity contribution in [1.29, 1.82) is 0 Å². The van der Waals surface area contributed by atoms with Crippen LogP contribution < -0.4 is 15.5 Å². The lowest BCUT2D eigenvalue weighted by atomic mass is 10.1. The van der Waals surface area contributed by atoms with Gasteiger partial charge in [-0.05, 0) is 38.0 Å². The molecule has 2 aromatic heterocycles. The third-order valence-electron chi connectivity index (χ3n) is 5.02. The molecular formula is C21H21FN6O3S. The minimum absolute atomic E-state index is 0.157. The van der Waals surface area contributed by atoms with E-state index in [4.69, 9.17) is 0 Å². The summed E-state index contributed by atoms with van der Waals surface area (Å²) in [6.07, 6.45) is 4.60. The second kappa shape index (κ2) is 8.97. The number of hydrogen-bond donors (Lipinski definition) is 3. The smallest absolute Gasteiger partial charge is 0.267 e. The second-order valence-corrected chi connectivity index (χ2v) is 8.68. The molecule has 1 aromatic carbocycles. The number of benzene rings is 1. The minimum Gasteiger partial charge on any atom is -0.391 e. The molecule has 0 bridgehead atoms. The van der Waals surface area contributed by atoms with Gasteiger partial charge in [-0.15, -0.1) is 11.3 Å². The second-order valence-electron chi connectivity index (χ2n) is 7.45. The van der Waals surface area contributed by atoms with E-state index in [1.165, 1.54) is 42.1 Å². The Morgan fingerprint density at radius 3 is 2.56 bits per heavy atom. The van der Waals surface area contributed by atoms with Crippen LogP contribution in [0, 0.1) is 19.7 Å². The number of carbonyl (C=O) groups excluding carboxylic acids is 2. The summed E-state index contributed by atoms with van der Waals surface area (Å²) in [4.78, 5) is 39.9. The number of β-amino-alcohol motifs (C(OH)–C–C–N with tert-alkyl or cyclic N) is 1. The van der Waals surface area contributed by atoms with E-state index >= 15 is 0 Å². The van der Waals surface area contributed by atoms with Crippen LogP contribution in [-0.4, -0.2) is 51.1 Å². The maximum absolute atomic E-state index is 14.5. The summed E-state index contributed by atoms with van der Waals surface area (Å²) in [7, 11) is 0. The van der Waals surface area contributed by atoms with Gasteiger partial charge in [0, 0.05) is 18.8 Å². The van der Waals surface area contributed by atoms with Crippen LogP contribution in [-0.2, 0) is 0 Å². The molecule has 3 N–H and O–H groups in total. The number of aryl methyl sites for hydroxylation is 2. The summed E-state index contributed by atoms with van der Waals surface area (Å²) in [5.74, 6) is -1.08. The number of carbonyl (C=O) groups is 2. The van der Waals surface area contributed by atoms with Gasteiger partial charge in [0.2, 0.25) is 0 Å². The average molecular weight is 457 g/mol. The quantitative estimate of drug-likeness (QED) is 0.540. The highest BCUT2D eigenvalue weighted by atomic mass is 32.1. The van der Waals surface area contributed by atoms with Crippen molar-refractivity contribution in [2.24, 2.45) is 0 Å². The Hall–Kier alpha value is -3.44. The number of nitrogens with zero attached hydrogens (tertiary/aromatic N) is 4. The molecule has 1 aliphatic heterocycles. The molecule has 0 radical (unpaired) electrons. The molecular weight excluding hydrogens is 435 g/mol. The number of aliphatic hydroxyl groups excluding tert-OH is 1. The first-order valence-corrected chi connectivity index (χ1v) is 10.7. The Balaban J connectivity index is 1.48. The third-order valence-corrected chi connectivity index (χ3v) is 5.93. The van der Waals surface area contributed by atoms with E-state index in [0.717, 1.165) is 5.01 Å². The van der Waals surface area contributed by atoms with Gasteiger partial charge in [-0.3, -0.25) is 9.59 Å². The van der Waals surface area contributed by atoms with E-state index in [0.29, 0.717) is 41.5 Å². The molecule has 1 unspecified atom stereocenters. The van der Waals surface area contributed by atoms with Gasteiger partial charge < -0.3 is 20.6 Å². The van der Waals surface area contributed by atoms with Crippen LogP contribution >= 0.6 is 11.3 Å². The Kier molecular flexibility index (Phi) is 6.10. The highest BCUT2D eigenvalue weighted by Gasteiger charge is 2.22. The monoisotopic (exact) mass is 456 g/mol. The summed E-state index contributed by atoms with van der Waals surface area (Å²) in [5, 5.41) is 15.6. The topological polar surface area (TPSA) is 120 Å². The molecule has 3 heterocycles. The number of aliphatic hydroxyl groups is 1. The van der Waals surface area contributed by atoms with Gasteiger partial charge in [-0.2, -0.15) is 0 Å². The minimum atomic E-state index is -0.720. The van der Waals surface area contributed by atoms with Crippen LogP contribution in [0.4, 0.5) is 21.7 Å². The van der Waals surface area contributed by atoms with Gasteiger partial charge in [-0.1, -0.05) is 0 Å². The number of rotatable bonds is 5. The van der Waals surface area contributed by atoms with Crippen LogP contribution in [0.2, 0.25) is 0 Å². The predicted octanol–water partition coefficient (Wildman–Crippen LogP) is 2.76. The van der Waals surface area contributed by atoms with E-state index in [9.17, 15) is 19.1 Å². The Morgan fingerprint density at radius 2 is 1.94 bits per heavy atom. The van der Waals surface area contributed by atoms with Gasteiger partial charge in [0.05, 0.1) is 35.3 Å². The van der Waals surface area contributed by atoms with E-state index in [2.05, 4.69) is 25.6 Å². The Labute approximate surface area is 187 Å². The number of thiazole rings is 1. The fraction of sp³-hybridized carbons (Fsp3) is 0.286. The van der Waals surface area contributed by atoms with Gasteiger partial charge >= 0.3 is 0 Å². The first kappa shape index (κ1) is 21.8. The Bertz CT molecular complexity index is 1170. The molecule has 11 heteroatoms. The first-order valence-electron chi connectivity index (χ1n) is 9.90. The summed E-state index contributed by atoms with van der Waals surface area (Å²) in [6.45, 7) is 4.57. The van der Waals surface area contributed by atoms with Crippen molar-refractivity contribution in [3.05, 3.63) is 57.6 Å². The summed E-state index contributed by atoms with van der Waals surface area (Å²) >= 11 is 1.24. The van der Waals surface area contributed by atoms with Crippen molar-refractivity contribution in [1.82, 2.24) is 15.0 Å². The molecule has 3 aromatic rings. The molecule has 1 aliphatic rings. The van der Waals surface area contributed by atoms with Gasteiger partial charge in [0.25, 0.3) is 11.8 Å². The van der Waals surface area contributed by atoms with Crippen LogP contribution in [0.3, 0.4) is 0 Å². The van der Waals surface area contributed by atoms with Crippen molar-refractivity contribution in [2.45, 2.75) is 26.4 Å². The average Bonchev–Trinajstić information content (AvgIpc) is 3.39. The standard InChI is InChI=1S/C21H21FN6O3S/c1-11-5-15(22)14(6-16(11)26-21(31)17-7-23-12(2)32-17)20(30)27-18-8-25-19(9-24-18)28-4-3-13(29)10-28/h5-9,13,29H,3-4,10H2,1-2H3,(H,26,31)(H,24,27,30). The van der Waals surface area contributed by atoms with Crippen LogP contribution in [0.25, 0.3) is 0 Å². The van der Waals surface area contributed by atoms with Crippen LogP contribution in [0.1, 0.15) is 37.0 Å². The predicted molar refractivity (Wildman–Crippen MR) is 119 cm³/mol. The molecule has 2 amide bonds. The van der Waals surface area contributed by atoms with Gasteiger partial charge in [-0.25, -0.2) is 19.3 Å². The molecule has 166 valence electrons. The van der Waals surface area contributed by atoms with E-state index in [1.807, 2.05) is 4.90 Å². The van der Waals surface area contributed by atoms with Crippen molar-refractivity contribution >= 4 is 40.5 Å². The SMILES string of the molecule is Cc1ncc(C(=O)Nc2cc(C(=O)Nc3cnc(N4CCC(O)C4)cn3)c(F)cc2C)s1. The Morgan fingerprint density at radius 1 is 1.12 bits per heavy atom. The molecule has 0 aliphatic carbocycles. The van der Waals surface area contributed by atoms with Crippen molar-refractivity contribution in [3.63, 3.8) is 0 Å². The fourth-order valence-electron chi connectivity index (χ4n) is 3.31. The molecule has 9 nitrogen and oxygen atoms in total. The summed E-state index contributed by atoms with van der Waals surface area (Å²) < 4.78 is 14.5. The highest BCUT2D eigenvalue weighted by Crippen LogP contribution is 2.23. The number of hydrogen-bond acceptors (Lipinski definition) is 8. The first-order chi connectivity index (χ1) is 15.3. The zero-order chi connectivity index (χ0) is 22.8. The van der Waals surface area contributed by atoms with Gasteiger partial charge in [0.1, 0.15) is 16.5 Å². The largest absolute Gasteiger partial charge is 0.391 e. The van der Waals surface area contributed by atoms with Gasteiger partial charge in [0.15, 0.2) is 5.82 Å². The number of halogens is 1. The molecule has 1 saturated heterocycles. The fourth-order valence-corrected chi connectivity index (χ4v) is 3.99. The summed E-state index contributed by atoms with van der Waals surface area (Å²) in [6, 6.07) is 2.48. The van der Waals surface area contributed by atoms with Crippen LogP contribution in [0.5, 0.6) is 0 Å². The third kappa shape index (κ3) is 4.73. The molecule has 0 spiro atoms. The van der Waals surface area contributed by atoms with Crippen molar-refractivity contribution in [3.8, 4) is 0 Å². The highest BCUT2D eigenvalue weighted by molar-refractivity contribution is 7.13. The molecule has 4 rings (SSSR count). The molecule has 1 atom stereocenters. The van der Waals surface area contributed by atoms with Crippen molar-refractivity contribution in [2.75, 3.05) is 28.6 Å². The molecule has 1 fully saturated rings. The maximum atomic E-state index is 14.5. The maximum Gasteiger partial charge on any atom is 0.267 e. The molecule has 32 heavy (non-hydrogen) atoms. The lowest BCUT2D eigenvalue weighted by Gasteiger charge is -2.16. The van der Waals surface area contributed by atoms with E-state index in [-0.39, 0.29) is 17.3 Å². The number of nitrogens with one attached hydrogen (secondary N) is 2. The molecule has 0 saturated carbocycles. The van der Waals surface area contributed by atoms with E-state index < -0.39 is 17.8 Å². The number of anilines is 3. The zero-order valence-electron chi connectivity index (χ0n) is 17.4. The lowest BCUT2D eigenvalue weighted by Crippen LogP contribution is -2.22.